The van der Waals surface area contributed by atoms with E-state index in [9.17, 15) is 0 Å². The number of methoxy groups -OCH3 is 2. The number of benzene rings is 1. The van der Waals surface area contributed by atoms with Crippen molar-refractivity contribution in [1.82, 2.24) is 9.97 Å². The molecular formula is C14H18N4O2. The number of anilines is 1. The highest BCUT2D eigenvalue weighted by atomic mass is 16.5. The predicted octanol–water partition coefficient (Wildman–Crippen LogP) is 1.72. The van der Waals surface area contributed by atoms with Crippen LogP contribution < -0.4 is 11.3 Å². The third-order valence-corrected chi connectivity index (χ3v) is 2.72. The second-order valence-electron chi connectivity index (χ2n) is 4.28. The van der Waals surface area contributed by atoms with Crippen molar-refractivity contribution >= 4 is 5.82 Å². The Hall–Kier alpha value is -2.02. The number of ether oxygens (including phenoxy) is 2. The van der Waals surface area contributed by atoms with Gasteiger partial charge in [0.15, 0.2) is 5.82 Å². The third kappa shape index (κ3) is 3.51. The first-order valence-electron chi connectivity index (χ1n) is 6.18. The Morgan fingerprint density at radius 2 is 1.90 bits per heavy atom. The molecule has 0 aliphatic carbocycles. The van der Waals surface area contributed by atoms with E-state index in [1.54, 1.807) is 20.3 Å². The lowest BCUT2D eigenvalue weighted by Crippen LogP contribution is -2.11. The van der Waals surface area contributed by atoms with Gasteiger partial charge in [-0.05, 0) is 11.6 Å². The maximum atomic E-state index is 5.44. The zero-order valence-corrected chi connectivity index (χ0v) is 11.6. The minimum atomic E-state index is 0.405. The Morgan fingerprint density at radius 3 is 2.60 bits per heavy atom. The van der Waals surface area contributed by atoms with Crippen LogP contribution in [0.15, 0.2) is 30.3 Å². The first-order chi connectivity index (χ1) is 9.76. The molecule has 20 heavy (non-hydrogen) atoms. The number of nitrogen functional groups attached to an aromatic ring is 1. The number of nitrogens with one attached hydrogen (secondary N) is 1. The van der Waals surface area contributed by atoms with Gasteiger partial charge in [-0.15, -0.1) is 0 Å². The summed E-state index contributed by atoms with van der Waals surface area (Å²) in [4.78, 5) is 8.83. The summed E-state index contributed by atoms with van der Waals surface area (Å²) in [6.07, 6.45) is 0. The molecule has 0 spiro atoms. The van der Waals surface area contributed by atoms with Gasteiger partial charge in [-0.2, -0.15) is 0 Å². The van der Waals surface area contributed by atoms with Crippen molar-refractivity contribution in [2.45, 2.75) is 13.2 Å². The van der Waals surface area contributed by atoms with Gasteiger partial charge in [0.25, 0.3) is 0 Å². The Kier molecular flexibility index (Phi) is 5.00. The predicted molar refractivity (Wildman–Crippen MR) is 76.7 cm³/mol. The van der Waals surface area contributed by atoms with Gasteiger partial charge in [-0.25, -0.2) is 15.8 Å². The van der Waals surface area contributed by atoms with Crippen LogP contribution in [0.3, 0.4) is 0 Å². The van der Waals surface area contributed by atoms with Crippen molar-refractivity contribution in [2.24, 2.45) is 5.84 Å². The third-order valence-electron chi connectivity index (χ3n) is 2.72. The Bertz CT molecular complexity index is 575. The SMILES string of the molecule is COCc1cccc(-c2nc(COC)cc(NN)n2)c1. The van der Waals surface area contributed by atoms with E-state index >= 15 is 0 Å². The molecule has 1 aromatic heterocycles. The zero-order chi connectivity index (χ0) is 14.4. The second kappa shape index (κ2) is 6.95. The smallest absolute Gasteiger partial charge is 0.161 e. The van der Waals surface area contributed by atoms with Crippen molar-refractivity contribution in [3.63, 3.8) is 0 Å². The molecule has 0 aliphatic heterocycles. The summed E-state index contributed by atoms with van der Waals surface area (Å²) in [6, 6.07) is 9.65. The van der Waals surface area contributed by atoms with Crippen LogP contribution >= 0.6 is 0 Å². The standard InChI is InChI=1S/C14H18N4O2/c1-19-8-10-4-3-5-11(6-10)14-16-12(9-20-2)7-13(17-14)18-15/h3-7H,8-9,15H2,1-2H3,(H,16,17,18). The molecule has 0 bridgehead atoms. The maximum absolute atomic E-state index is 5.44. The first kappa shape index (κ1) is 14.4. The highest BCUT2D eigenvalue weighted by Gasteiger charge is 2.07. The van der Waals surface area contributed by atoms with Crippen LogP contribution in [-0.2, 0) is 22.7 Å². The largest absolute Gasteiger partial charge is 0.380 e. The van der Waals surface area contributed by atoms with E-state index in [1.165, 1.54) is 0 Å². The molecule has 0 unspecified atom stereocenters. The monoisotopic (exact) mass is 274 g/mol. The topological polar surface area (TPSA) is 82.3 Å². The van der Waals surface area contributed by atoms with Crippen molar-refractivity contribution in [3.05, 3.63) is 41.6 Å². The normalized spacial score (nSPS) is 10.6. The Morgan fingerprint density at radius 1 is 1.10 bits per heavy atom. The number of hydrazine groups is 1. The fourth-order valence-electron chi connectivity index (χ4n) is 1.89. The van der Waals surface area contributed by atoms with Crippen LogP contribution in [0.1, 0.15) is 11.3 Å². The van der Waals surface area contributed by atoms with E-state index in [-0.39, 0.29) is 0 Å². The van der Waals surface area contributed by atoms with Gasteiger partial charge in [-0.1, -0.05) is 18.2 Å². The Labute approximate surface area is 117 Å². The van der Waals surface area contributed by atoms with Crippen LogP contribution in [0.4, 0.5) is 5.82 Å². The molecule has 6 nitrogen and oxygen atoms in total. The van der Waals surface area contributed by atoms with Crippen molar-refractivity contribution in [2.75, 3.05) is 19.6 Å². The van der Waals surface area contributed by atoms with E-state index in [0.29, 0.717) is 24.9 Å². The minimum Gasteiger partial charge on any atom is -0.380 e. The summed E-state index contributed by atoms with van der Waals surface area (Å²) < 4.78 is 10.2. The highest BCUT2D eigenvalue weighted by Crippen LogP contribution is 2.19. The summed E-state index contributed by atoms with van der Waals surface area (Å²) in [7, 11) is 3.29. The molecule has 0 fully saturated rings. The van der Waals surface area contributed by atoms with Gasteiger partial charge >= 0.3 is 0 Å². The number of rotatable bonds is 6. The molecule has 2 rings (SSSR count). The summed E-state index contributed by atoms with van der Waals surface area (Å²) in [6.45, 7) is 0.954. The van der Waals surface area contributed by atoms with Crippen LogP contribution in [-0.4, -0.2) is 24.2 Å². The highest BCUT2D eigenvalue weighted by molar-refractivity contribution is 5.58. The molecular weight excluding hydrogens is 256 g/mol. The molecule has 6 heteroatoms. The van der Waals surface area contributed by atoms with Gasteiger partial charge in [0, 0.05) is 25.8 Å². The molecule has 2 aromatic rings. The van der Waals surface area contributed by atoms with Crippen LogP contribution in [0, 0.1) is 0 Å². The van der Waals surface area contributed by atoms with Gasteiger partial charge in [0.1, 0.15) is 5.82 Å². The zero-order valence-electron chi connectivity index (χ0n) is 11.6. The summed E-state index contributed by atoms with van der Waals surface area (Å²) in [5.41, 5.74) is 5.28. The van der Waals surface area contributed by atoms with E-state index in [0.717, 1.165) is 16.8 Å². The summed E-state index contributed by atoms with van der Waals surface area (Å²) in [5.74, 6) is 6.60. The lowest BCUT2D eigenvalue weighted by atomic mass is 10.1. The molecule has 106 valence electrons. The van der Waals surface area contributed by atoms with Crippen LogP contribution in [0.25, 0.3) is 11.4 Å². The summed E-state index contributed by atoms with van der Waals surface area (Å²) >= 11 is 0. The number of aromatic nitrogens is 2. The summed E-state index contributed by atoms with van der Waals surface area (Å²) in [5, 5.41) is 0. The molecule has 0 saturated heterocycles. The first-order valence-corrected chi connectivity index (χ1v) is 6.18. The lowest BCUT2D eigenvalue weighted by molar-refractivity contribution is 0.181. The second-order valence-corrected chi connectivity index (χ2v) is 4.28. The van der Waals surface area contributed by atoms with Crippen molar-refractivity contribution in [3.8, 4) is 11.4 Å². The lowest BCUT2D eigenvalue weighted by Gasteiger charge is -2.08. The molecule has 0 radical (unpaired) electrons. The molecule has 0 atom stereocenters. The van der Waals surface area contributed by atoms with Gasteiger partial charge in [0.05, 0.1) is 18.9 Å². The van der Waals surface area contributed by atoms with Crippen molar-refractivity contribution < 1.29 is 9.47 Å². The average molecular weight is 274 g/mol. The number of hydrogen-bond donors (Lipinski definition) is 2. The van der Waals surface area contributed by atoms with E-state index in [1.807, 2.05) is 24.3 Å². The van der Waals surface area contributed by atoms with Crippen LogP contribution in [0.2, 0.25) is 0 Å². The number of hydrogen-bond acceptors (Lipinski definition) is 6. The molecule has 3 N–H and O–H groups in total. The van der Waals surface area contributed by atoms with E-state index in [4.69, 9.17) is 15.3 Å². The molecule has 0 amide bonds. The molecule has 1 aromatic carbocycles. The minimum absolute atomic E-state index is 0.405. The molecule has 1 heterocycles. The molecule has 0 saturated carbocycles. The number of nitrogens with two attached hydrogens (primary N) is 1. The van der Waals surface area contributed by atoms with Gasteiger partial charge in [-0.3, -0.25) is 0 Å². The average Bonchev–Trinajstić information content (AvgIpc) is 2.48. The van der Waals surface area contributed by atoms with E-state index < -0.39 is 0 Å². The fourth-order valence-corrected chi connectivity index (χ4v) is 1.89. The van der Waals surface area contributed by atoms with Gasteiger partial charge in [0.2, 0.25) is 0 Å². The van der Waals surface area contributed by atoms with Gasteiger partial charge < -0.3 is 14.9 Å². The maximum Gasteiger partial charge on any atom is 0.161 e. The molecule has 0 aliphatic rings. The van der Waals surface area contributed by atoms with Crippen LogP contribution in [0.5, 0.6) is 0 Å². The fraction of sp³-hybridized carbons (Fsp3) is 0.286. The van der Waals surface area contributed by atoms with Crippen molar-refractivity contribution in [1.29, 1.82) is 0 Å². The Balaban J connectivity index is 2.39. The quantitative estimate of drug-likeness (QED) is 0.616. The van der Waals surface area contributed by atoms with E-state index in [2.05, 4.69) is 15.4 Å². The number of nitrogens with zero attached hydrogens (tertiary/aromatic N) is 2.